The minimum absolute atomic E-state index is 0.191. The maximum absolute atomic E-state index is 12.6. The molecule has 4 heteroatoms. The van der Waals surface area contributed by atoms with Crippen molar-refractivity contribution in [2.75, 3.05) is 33.4 Å². The van der Waals surface area contributed by atoms with Crippen LogP contribution in [0.5, 0.6) is 0 Å². The number of carbonyl (C=O) groups excluding carboxylic acids is 1. The second kappa shape index (κ2) is 9.35. The minimum atomic E-state index is -0.316. The molecule has 1 atom stereocenters. The van der Waals surface area contributed by atoms with Gasteiger partial charge in [0, 0.05) is 13.7 Å². The van der Waals surface area contributed by atoms with E-state index in [1.165, 1.54) is 19.3 Å². The summed E-state index contributed by atoms with van der Waals surface area (Å²) in [6.45, 7) is 7.59. The Morgan fingerprint density at radius 3 is 2.60 bits per heavy atom. The van der Waals surface area contributed by atoms with Gasteiger partial charge in [-0.25, -0.2) is 0 Å². The van der Waals surface area contributed by atoms with Gasteiger partial charge in [0.1, 0.15) is 0 Å². The lowest BCUT2D eigenvalue weighted by atomic mass is 9.78. The second-order valence-electron chi connectivity index (χ2n) is 6.09. The summed E-state index contributed by atoms with van der Waals surface area (Å²) >= 11 is 0. The van der Waals surface area contributed by atoms with Gasteiger partial charge in [-0.2, -0.15) is 0 Å². The molecule has 1 fully saturated rings. The normalized spacial score (nSPS) is 19.6. The zero-order valence-corrected chi connectivity index (χ0v) is 13.5. The summed E-state index contributed by atoms with van der Waals surface area (Å²) in [5.41, 5.74) is -0.316. The molecular weight excluding hydrogens is 252 g/mol. The van der Waals surface area contributed by atoms with Gasteiger partial charge >= 0.3 is 0 Å². The molecule has 1 unspecified atom stereocenters. The highest BCUT2D eigenvalue weighted by atomic mass is 16.5. The molecule has 1 saturated heterocycles. The number of nitrogens with one attached hydrogen (secondary N) is 2. The summed E-state index contributed by atoms with van der Waals surface area (Å²) in [5, 5.41) is 6.51. The second-order valence-corrected chi connectivity index (χ2v) is 6.09. The Hall–Kier alpha value is -0.610. The molecule has 1 aliphatic rings. The first kappa shape index (κ1) is 17.4. The number of unbranched alkanes of at least 4 members (excludes halogenated alkanes) is 1. The Morgan fingerprint density at radius 2 is 2.05 bits per heavy atom. The van der Waals surface area contributed by atoms with Crippen molar-refractivity contribution < 1.29 is 9.53 Å². The van der Waals surface area contributed by atoms with Gasteiger partial charge in [0.05, 0.1) is 12.0 Å². The van der Waals surface area contributed by atoms with Gasteiger partial charge in [-0.3, -0.25) is 4.79 Å². The molecular formula is C16H32N2O2. The molecule has 1 rings (SSSR count). The van der Waals surface area contributed by atoms with E-state index in [4.69, 9.17) is 4.74 Å². The Bertz CT molecular complexity index is 270. The van der Waals surface area contributed by atoms with Crippen LogP contribution in [-0.2, 0) is 9.53 Å². The van der Waals surface area contributed by atoms with Gasteiger partial charge in [0.15, 0.2) is 0 Å². The lowest BCUT2D eigenvalue weighted by Gasteiger charge is -2.36. The van der Waals surface area contributed by atoms with Gasteiger partial charge in [0.25, 0.3) is 0 Å². The average molecular weight is 284 g/mol. The van der Waals surface area contributed by atoms with Crippen molar-refractivity contribution in [3.8, 4) is 0 Å². The standard InChI is InChI=1S/C16H32N2O2/c1-4-6-7-14(5-2)12-18-15(19)16(13-20-3)8-10-17-11-9-16/h14,17H,4-13H2,1-3H3,(H,18,19). The number of piperidine rings is 1. The van der Waals surface area contributed by atoms with Crippen LogP contribution in [0.3, 0.4) is 0 Å². The summed E-state index contributed by atoms with van der Waals surface area (Å²) in [7, 11) is 1.69. The van der Waals surface area contributed by atoms with Crippen LogP contribution in [0.1, 0.15) is 52.4 Å². The summed E-state index contributed by atoms with van der Waals surface area (Å²) in [6, 6.07) is 0. The quantitative estimate of drug-likeness (QED) is 0.683. The number of hydrogen-bond acceptors (Lipinski definition) is 3. The van der Waals surface area contributed by atoms with Crippen LogP contribution in [0.25, 0.3) is 0 Å². The third kappa shape index (κ3) is 5.06. The number of hydrogen-bond donors (Lipinski definition) is 2. The Balaban J connectivity index is 2.48. The fourth-order valence-electron chi connectivity index (χ4n) is 2.99. The fourth-order valence-corrected chi connectivity index (χ4v) is 2.99. The molecule has 0 aliphatic carbocycles. The van der Waals surface area contributed by atoms with E-state index >= 15 is 0 Å². The predicted octanol–water partition coefficient (Wildman–Crippen LogP) is 2.34. The van der Waals surface area contributed by atoms with Crippen molar-refractivity contribution >= 4 is 5.91 Å². The zero-order chi connectivity index (χ0) is 14.8. The van der Waals surface area contributed by atoms with Crippen molar-refractivity contribution in [3.05, 3.63) is 0 Å². The van der Waals surface area contributed by atoms with Crippen LogP contribution in [0.2, 0.25) is 0 Å². The minimum Gasteiger partial charge on any atom is -0.384 e. The van der Waals surface area contributed by atoms with Crippen LogP contribution in [0, 0.1) is 11.3 Å². The van der Waals surface area contributed by atoms with E-state index in [2.05, 4.69) is 24.5 Å². The third-order valence-electron chi connectivity index (χ3n) is 4.56. The third-order valence-corrected chi connectivity index (χ3v) is 4.56. The van der Waals surface area contributed by atoms with Crippen molar-refractivity contribution in [2.45, 2.75) is 52.4 Å². The van der Waals surface area contributed by atoms with E-state index in [0.29, 0.717) is 12.5 Å². The van der Waals surface area contributed by atoms with Crippen LogP contribution in [-0.4, -0.2) is 39.3 Å². The van der Waals surface area contributed by atoms with Crippen LogP contribution < -0.4 is 10.6 Å². The molecule has 2 N–H and O–H groups in total. The van der Waals surface area contributed by atoms with Crippen molar-refractivity contribution in [2.24, 2.45) is 11.3 Å². The topological polar surface area (TPSA) is 50.4 Å². The first-order valence-corrected chi connectivity index (χ1v) is 8.16. The number of rotatable bonds is 9. The van der Waals surface area contributed by atoms with Gasteiger partial charge in [0.2, 0.25) is 5.91 Å². The van der Waals surface area contributed by atoms with Gasteiger partial charge in [-0.05, 0) is 38.3 Å². The Labute approximate surface area is 124 Å². The van der Waals surface area contributed by atoms with Gasteiger partial charge in [-0.15, -0.1) is 0 Å². The first-order chi connectivity index (χ1) is 9.68. The average Bonchev–Trinajstić information content (AvgIpc) is 2.48. The summed E-state index contributed by atoms with van der Waals surface area (Å²) < 4.78 is 5.32. The van der Waals surface area contributed by atoms with E-state index in [-0.39, 0.29) is 11.3 Å². The molecule has 20 heavy (non-hydrogen) atoms. The van der Waals surface area contributed by atoms with Crippen molar-refractivity contribution in [1.29, 1.82) is 0 Å². The Morgan fingerprint density at radius 1 is 1.35 bits per heavy atom. The van der Waals surface area contributed by atoms with Crippen molar-refractivity contribution in [1.82, 2.24) is 10.6 Å². The molecule has 0 aromatic carbocycles. The molecule has 0 saturated carbocycles. The molecule has 1 aliphatic heterocycles. The first-order valence-electron chi connectivity index (χ1n) is 8.16. The maximum Gasteiger partial charge on any atom is 0.228 e. The summed E-state index contributed by atoms with van der Waals surface area (Å²) in [4.78, 5) is 12.6. The monoisotopic (exact) mass is 284 g/mol. The summed E-state index contributed by atoms with van der Waals surface area (Å²) in [5.74, 6) is 0.802. The smallest absolute Gasteiger partial charge is 0.228 e. The van der Waals surface area contributed by atoms with Crippen molar-refractivity contribution in [3.63, 3.8) is 0 Å². The molecule has 1 heterocycles. The predicted molar refractivity (Wildman–Crippen MR) is 82.7 cm³/mol. The maximum atomic E-state index is 12.6. The molecule has 1 amide bonds. The molecule has 0 radical (unpaired) electrons. The molecule has 0 aromatic heterocycles. The van der Waals surface area contributed by atoms with Gasteiger partial charge in [-0.1, -0.05) is 33.1 Å². The highest BCUT2D eigenvalue weighted by molar-refractivity contribution is 5.83. The van der Waals surface area contributed by atoms with Crippen LogP contribution in [0.4, 0.5) is 0 Å². The molecule has 0 bridgehead atoms. The number of ether oxygens (including phenoxy) is 1. The summed E-state index contributed by atoms with van der Waals surface area (Å²) in [6.07, 6.45) is 6.58. The fraction of sp³-hybridized carbons (Fsp3) is 0.938. The molecule has 4 nitrogen and oxygen atoms in total. The largest absolute Gasteiger partial charge is 0.384 e. The Kier molecular flexibility index (Phi) is 8.15. The number of methoxy groups -OCH3 is 1. The highest BCUT2D eigenvalue weighted by Crippen LogP contribution is 2.29. The highest BCUT2D eigenvalue weighted by Gasteiger charge is 2.39. The number of carbonyl (C=O) groups is 1. The SMILES string of the molecule is CCCCC(CC)CNC(=O)C1(COC)CCNCC1. The van der Waals surface area contributed by atoms with Crippen LogP contribution in [0.15, 0.2) is 0 Å². The van der Waals surface area contributed by atoms with E-state index in [1.807, 2.05) is 0 Å². The van der Waals surface area contributed by atoms with E-state index < -0.39 is 0 Å². The number of amides is 1. The lowest BCUT2D eigenvalue weighted by Crippen LogP contribution is -2.50. The van der Waals surface area contributed by atoms with E-state index in [0.717, 1.165) is 38.9 Å². The van der Waals surface area contributed by atoms with Crippen LogP contribution >= 0.6 is 0 Å². The van der Waals surface area contributed by atoms with E-state index in [1.54, 1.807) is 7.11 Å². The molecule has 118 valence electrons. The lowest BCUT2D eigenvalue weighted by molar-refractivity contribution is -0.136. The van der Waals surface area contributed by atoms with E-state index in [9.17, 15) is 4.79 Å². The zero-order valence-electron chi connectivity index (χ0n) is 13.5. The molecule has 0 aromatic rings. The van der Waals surface area contributed by atoms with Gasteiger partial charge < -0.3 is 15.4 Å². The molecule has 0 spiro atoms.